The number of methoxy groups -OCH3 is 1. The lowest BCUT2D eigenvalue weighted by Gasteiger charge is -2.00. The van der Waals surface area contributed by atoms with E-state index in [2.05, 4.69) is 9.84 Å². The second kappa shape index (κ2) is 4.85. The summed E-state index contributed by atoms with van der Waals surface area (Å²) in [7, 11) is 1.21. The molecule has 1 amide bonds. The monoisotopic (exact) mass is 210 g/mol. The lowest BCUT2D eigenvalue weighted by Crippen LogP contribution is -2.16. The molecule has 0 saturated heterocycles. The highest BCUT2D eigenvalue weighted by Crippen LogP contribution is 2.26. The molecule has 0 fully saturated rings. The summed E-state index contributed by atoms with van der Waals surface area (Å²) < 4.78 is 4.27. The Kier molecular flexibility index (Phi) is 3.50. The molecule has 0 bridgehead atoms. The molecule has 0 aliphatic heterocycles. The zero-order chi connectivity index (χ0) is 11.3. The fraction of sp³-hybridized carbons (Fsp3) is 0.111. The summed E-state index contributed by atoms with van der Waals surface area (Å²) in [5, 5.41) is 22.0. The van der Waals surface area contributed by atoms with Crippen molar-refractivity contribution in [3.8, 4) is 11.5 Å². The van der Waals surface area contributed by atoms with E-state index in [0.717, 1.165) is 0 Å². The van der Waals surface area contributed by atoms with Crippen molar-refractivity contribution >= 4 is 12.3 Å². The number of amides is 1. The lowest BCUT2D eigenvalue weighted by molar-refractivity contribution is 0.171. The van der Waals surface area contributed by atoms with E-state index in [0.29, 0.717) is 0 Å². The summed E-state index contributed by atoms with van der Waals surface area (Å²) in [4.78, 5) is 10.6. The van der Waals surface area contributed by atoms with Gasteiger partial charge in [-0.3, -0.25) is 0 Å². The number of benzene rings is 1. The number of aromatic hydroxyl groups is 2. The second-order valence-electron chi connectivity index (χ2n) is 2.58. The summed E-state index contributed by atoms with van der Waals surface area (Å²) in [6, 6.07) is 4.40. The van der Waals surface area contributed by atoms with Crippen molar-refractivity contribution < 1.29 is 19.7 Å². The summed E-state index contributed by atoms with van der Waals surface area (Å²) in [5.74, 6) is -0.551. The predicted octanol–water partition coefficient (Wildman–Crippen LogP) is 0.788. The smallest absolute Gasteiger partial charge is 0.427 e. The zero-order valence-corrected chi connectivity index (χ0v) is 7.97. The molecule has 0 radical (unpaired) electrons. The van der Waals surface area contributed by atoms with Crippen LogP contribution in [0.25, 0.3) is 0 Å². The molecule has 0 saturated carbocycles. The van der Waals surface area contributed by atoms with Gasteiger partial charge in [0.2, 0.25) is 0 Å². The van der Waals surface area contributed by atoms with Crippen LogP contribution in [0.3, 0.4) is 0 Å². The Hall–Kier alpha value is -2.24. The van der Waals surface area contributed by atoms with Gasteiger partial charge in [0.15, 0.2) is 11.5 Å². The maximum atomic E-state index is 10.6. The van der Waals surface area contributed by atoms with Crippen LogP contribution in [0, 0.1) is 0 Å². The molecular formula is C9H10N2O4. The van der Waals surface area contributed by atoms with Gasteiger partial charge in [0, 0.05) is 5.56 Å². The zero-order valence-electron chi connectivity index (χ0n) is 7.97. The fourth-order valence-electron chi connectivity index (χ4n) is 0.853. The van der Waals surface area contributed by atoms with Gasteiger partial charge in [0.05, 0.1) is 13.3 Å². The maximum Gasteiger partial charge on any atom is 0.427 e. The highest BCUT2D eigenvalue weighted by Gasteiger charge is 2.02. The van der Waals surface area contributed by atoms with E-state index in [1.165, 1.54) is 31.5 Å². The van der Waals surface area contributed by atoms with Gasteiger partial charge in [0.25, 0.3) is 0 Å². The quantitative estimate of drug-likeness (QED) is 0.382. The third-order valence-electron chi connectivity index (χ3n) is 1.59. The number of ether oxygens (including phenoxy) is 1. The average Bonchev–Trinajstić information content (AvgIpc) is 2.24. The van der Waals surface area contributed by atoms with Crippen LogP contribution in [-0.2, 0) is 4.74 Å². The minimum Gasteiger partial charge on any atom is -0.504 e. The minimum absolute atomic E-state index is 0.253. The molecule has 0 atom stereocenters. The Balaban J connectivity index is 2.72. The SMILES string of the molecule is COC(=O)N/N=C/c1cccc(O)c1O. The van der Waals surface area contributed by atoms with Crippen molar-refractivity contribution in [1.82, 2.24) is 5.43 Å². The normalized spacial score (nSPS) is 10.2. The molecule has 80 valence electrons. The van der Waals surface area contributed by atoms with Gasteiger partial charge in [-0.05, 0) is 12.1 Å². The molecule has 1 aromatic carbocycles. The van der Waals surface area contributed by atoms with Gasteiger partial charge in [-0.15, -0.1) is 0 Å². The first-order valence-electron chi connectivity index (χ1n) is 4.03. The first-order chi connectivity index (χ1) is 7.15. The fourth-order valence-corrected chi connectivity index (χ4v) is 0.853. The van der Waals surface area contributed by atoms with Crippen molar-refractivity contribution in [2.24, 2.45) is 5.10 Å². The first kappa shape index (κ1) is 10.8. The number of phenols is 2. The van der Waals surface area contributed by atoms with Gasteiger partial charge >= 0.3 is 6.09 Å². The Bertz CT molecular complexity index is 390. The Morgan fingerprint density at radius 1 is 1.53 bits per heavy atom. The molecule has 0 aromatic heterocycles. The van der Waals surface area contributed by atoms with Gasteiger partial charge in [-0.1, -0.05) is 6.07 Å². The van der Waals surface area contributed by atoms with Crippen LogP contribution in [0.5, 0.6) is 11.5 Å². The first-order valence-corrected chi connectivity index (χ1v) is 4.03. The van der Waals surface area contributed by atoms with Crippen LogP contribution in [0.4, 0.5) is 4.79 Å². The molecule has 3 N–H and O–H groups in total. The molecule has 1 aromatic rings. The Morgan fingerprint density at radius 2 is 2.27 bits per heavy atom. The van der Waals surface area contributed by atoms with Crippen molar-refractivity contribution in [2.45, 2.75) is 0 Å². The van der Waals surface area contributed by atoms with E-state index in [4.69, 9.17) is 5.11 Å². The molecule has 0 unspecified atom stereocenters. The third kappa shape index (κ3) is 2.87. The van der Waals surface area contributed by atoms with E-state index in [1.807, 2.05) is 5.43 Å². The van der Waals surface area contributed by atoms with Crippen LogP contribution in [0.1, 0.15) is 5.56 Å². The molecule has 0 spiro atoms. The molecule has 6 nitrogen and oxygen atoms in total. The lowest BCUT2D eigenvalue weighted by atomic mass is 10.2. The second-order valence-corrected chi connectivity index (χ2v) is 2.58. The highest BCUT2D eigenvalue weighted by atomic mass is 16.5. The molecule has 1 rings (SSSR count). The summed E-state index contributed by atoms with van der Waals surface area (Å²) >= 11 is 0. The molecule has 0 heterocycles. The topological polar surface area (TPSA) is 91.2 Å². The average molecular weight is 210 g/mol. The summed E-state index contributed by atoms with van der Waals surface area (Å²) in [6.07, 6.45) is 0.470. The number of carbonyl (C=O) groups excluding carboxylic acids is 1. The van der Waals surface area contributed by atoms with E-state index in [-0.39, 0.29) is 17.1 Å². The number of carbonyl (C=O) groups is 1. The number of nitrogens with zero attached hydrogens (tertiary/aromatic N) is 1. The maximum absolute atomic E-state index is 10.6. The summed E-state index contributed by atoms with van der Waals surface area (Å²) in [6.45, 7) is 0. The number of hydrogen-bond donors (Lipinski definition) is 3. The van der Waals surface area contributed by atoms with Crippen LogP contribution in [0.15, 0.2) is 23.3 Å². The van der Waals surface area contributed by atoms with Gasteiger partial charge < -0.3 is 14.9 Å². The molecule has 6 heteroatoms. The highest BCUT2D eigenvalue weighted by molar-refractivity contribution is 5.85. The van der Waals surface area contributed by atoms with Gasteiger partial charge in [-0.25, -0.2) is 10.2 Å². The number of hydrogen-bond acceptors (Lipinski definition) is 5. The van der Waals surface area contributed by atoms with Crippen LogP contribution >= 0.6 is 0 Å². The molecule has 15 heavy (non-hydrogen) atoms. The Morgan fingerprint density at radius 3 is 2.93 bits per heavy atom. The number of hydrazone groups is 1. The van der Waals surface area contributed by atoms with Crippen molar-refractivity contribution in [1.29, 1.82) is 0 Å². The van der Waals surface area contributed by atoms with E-state index in [9.17, 15) is 9.90 Å². The van der Waals surface area contributed by atoms with Crippen molar-refractivity contribution in [2.75, 3.05) is 7.11 Å². The minimum atomic E-state index is -0.717. The largest absolute Gasteiger partial charge is 0.504 e. The van der Waals surface area contributed by atoms with Crippen molar-refractivity contribution in [3.05, 3.63) is 23.8 Å². The van der Waals surface area contributed by atoms with E-state index in [1.54, 1.807) is 0 Å². The van der Waals surface area contributed by atoms with Crippen LogP contribution in [0.2, 0.25) is 0 Å². The summed E-state index contributed by atoms with van der Waals surface area (Å²) in [5.41, 5.74) is 2.33. The van der Waals surface area contributed by atoms with Crippen LogP contribution in [-0.4, -0.2) is 29.6 Å². The number of phenolic OH excluding ortho intramolecular Hbond substituents is 2. The van der Waals surface area contributed by atoms with Crippen molar-refractivity contribution in [3.63, 3.8) is 0 Å². The Labute approximate surface area is 85.8 Å². The van der Waals surface area contributed by atoms with Crippen LogP contribution < -0.4 is 5.43 Å². The molecular weight excluding hydrogens is 200 g/mol. The standard InChI is InChI=1S/C9H10N2O4/c1-15-9(14)11-10-5-6-3-2-4-7(12)8(6)13/h2-5,12-13H,1H3,(H,11,14)/b10-5+. The van der Waals surface area contributed by atoms with Gasteiger partial charge in [-0.2, -0.15) is 5.10 Å². The number of para-hydroxylation sites is 1. The molecule has 0 aliphatic carbocycles. The van der Waals surface area contributed by atoms with Gasteiger partial charge in [0.1, 0.15) is 0 Å². The van der Waals surface area contributed by atoms with E-state index >= 15 is 0 Å². The third-order valence-corrected chi connectivity index (χ3v) is 1.59. The predicted molar refractivity (Wildman–Crippen MR) is 52.9 cm³/mol. The van der Waals surface area contributed by atoms with E-state index < -0.39 is 6.09 Å². The molecule has 0 aliphatic rings. The number of rotatable bonds is 2. The number of nitrogens with one attached hydrogen (secondary N) is 1.